The Balaban J connectivity index is 0.00000364. The van der Waals surface area contributed by atoms with Crippen molar-refractivity contribution in [3.8, 4) is 0 Å². The molecule has 152 valence electrons. The second-order valence-corrected chi connectivity index (χ2v) is 8.39. The van der Waals surface area contributed by atoms with Crippen LogP contribution in [0, 0.1) is 11.8 Å². The van der Waals surface area contributed by atoms with E-state index in [9.17, 15) is 9.59 Å². The van der Waals surface area contributed by atoms with E-state index >= 15 is 0 Å². The number of halogens is 1. The van der Waals surface area contributed by atoms with Gasteiger partial charge in [0.05, 0.1) is 5.54 Å². The van der Waals surface area contributed by atoms with Crippen LogP contribution in [-0.4, -0.2) is 35.2 Å². The van der Waals surface area contributed by atoms with Crippen LogP contribution in [0.25, 0.3) is 0 Å². The minimum atomic E-state index is -0.794. The SMILES string of the molecule is CCCC(C)(N)C(=O)N1CCC(C(=O)c2ccc(CC(C)C)cc2)CC1.Cl. The van der Waals surface area contributed by atoms with Gasteiger partial charge >= 0.3 is 0 Å². The van der Waals surface area contributed by atoms with Gasteiger partial charge in [0.25, 0.3) is 0 Å². The highest BCUT2D eigenvalue weighted by atomic mass is 35.5. The molecule has 0 spiro atoms. The number of likely N-dealkylation sites (tertiary alicyclic amines) is 1. The molecule has 1 aromatic rings. The van der Waals surface area contributed by atoms with Gasteiger partial charge in [-0.1, -0.05) is 51.5 Å². The molecule has 1 aliphatic heterocycles. The maximum absolute atomic E-state index is 12.8. The van der Waals surface area contributed by atoms with E-state index in [4.69, 9.17) is 5.73 Å². The number of nitrogens with two attached hydrogens (primary N) is 1. The van der Waals surface area contributed by atoms with Crippen LogP contribution in [-0.2, 0) is 11.2 Å². The first kappa shape index (κ1) is 23.6. The number of Topliss-reactive ketones (excluding diaryl/α,β-unsaturated/α-hetero) is 1. The lowest BCUT2D eigenvalue weighted by Crippen LogP contribution is -2.55. The molecule has 0 saturated carbocycles. The second kappa shape index (κ2) is 10.2. The summed E-state index contributed by atoms with van der Waals surface area (Å²) < 4.78 is 0. The number of ketones is 1. The smallest absolute Gasteiger partial charge is 0.242 e. The van der Waals surface area contributed by atoms with E-state index < -0.39 is 5.54 Å². The molecule has 1 fully saturated rings. The minimum Gasteiger partial charge on any atom is -0.341 e. The third kappa shape index (κ3) is 6.32. The summed E-state index contributed by atoms with van der Waals surface area (Å²) in [6, 6.07) is 8.04. The molecule has 1 saturated heterocycles. The summed E-state index contributed by atoms with van der Waals surface area (Å²) in [7, 11) is 0. The van der Waals surface area contributed by atoms with Gasteiger partial charge in [0.2, 0.25) is 5.91 Å². The number of rotatable bonds is 7. The minimum absolute atomic E-state index is 0. The Morgan fingerprint density at radius 3 is 2.22 bits per heavy atom. The molecule has 1 heterocycles. The van der Waals surface area contributed by atoms with E-state index in [0.29, 0.717) is 25.4 Å². The predicted molar refractivity (Wildman–Crippen MR) is 113 cm³/mol. The van der Waals surface area contributed by atoms with Gasteiger partial charge in [-0.2, -0.15) is 0 Å². The maximum Gasteiger partial charge on any atom is 0.242 e. The molecule has 0 aromatic heterocycles. The van der Waals surface area contributed by atoms with Crippen molar-refractivity contribution in [2.24, 2.45) is 17.6 Å². The normalized spacial score (nSPS) is 17.3. The number of hydrogen-bond acceptors (Lipinski definition) is 3. The van der Waals surface area contributed by atoms with Gasteiger partial charge in [-0.3, -0.25) is 9.59 Å². The van der Waals surface area contributed by atoms with Crippen molar-refractivity contribution in [2.75, 3.05) is 13.1 Å². The lowest BCUT2D eigenvalue weighted by atomic mass is 9.87. The van der Waals surface area contributed by atoms with Gasteiger partial charge in [-0.05, 0) is 44.1 Å². The highest BCUT2D eigenvalue weighted by Gasteiger charge is 2.35. The van der Waals surface area contributed by atoms with Gasteiger partial charge in [0.1, 0.15) is 0 Å². The monoisotopic (exact) mass is 394 g/mol. The Kier molecular flexibility index (Phi) is 8.97. The molecule has 1 aliphatic rings. The predicted octanol–water partition coefficient (Wildman–Crippen LogP) is 4.25. The van der Waals surface area contributed by atoms with Crippen LogP contribution in [0.4, 0.5) is 0 Å². The fraction of sp³-hybridized carbons (Fsp3) is 0.636. The zero-order valence-corrected chi connectivity index (χ0v) is 18.0. The average Bonchev–Trinajstić information content (AvgIpc) is 2.61. The van der Waals surface area contributed by atoms with Crippen molar-refractivity contribution in [1.82, 2.24) is 4.90 Å². The molecule has 2 N–H and O–H groups in total. The number of benzene rings is 1. The first-order valence-corrected chi connectivity index (χ1v) is 9.96. The van der Waals surface area contributed by atoms with Crippen LogP contribution in [0.3, 0.4) is 0 Å². The van der Waals surface area contributed by atoms with Gasteiger partial charge in [0, 0.05) is 24.6 Å². The molecule has 0 radical (unpaired) electrons. The summed E-state index contributed by atoms with van der Waals surface area (Å²) in [6.45, 7) is 9.49. The zero-order valence-electron chi connectivity index (χ0n) is 17.2. The van der Waals surface area contributed by atoms with Gasteiger partial charge < -0.3 is 10.6 Å². The van der Waals surface area contributed by atoms with E-state index in [2.05, 4.69) is 26.0 Å². The third-order valence-corrected chi connectivity index (χ3v) is 5.29. The Bertz CT molecular complexity index is 618. The van der Waals surface area contributed by atoms with E-state index in [0.717, 1.165) is 31.2 Å². The molecule has 1 aromatic carbocycles. The topological polar surface area (TPSA) is 63.4 Å². The first-order chi connectivity index (χ1) is 12.2. The molecule has 2 rings (SSSR count). The van der Waals surface area contributed by atoms with E-state index in [1.807, 2.05) is 30.9 Å². The Hall–Kier alpha value is -1.39. The largest absolute Gasteiger partial charge is 0.341 e. The molecular formula is C22H35ClN2O2. The van der Waals surface area contributed by atoms with Crippen LogP contribution in [0.5, 0.6) is 0 Å². The van der Waals surface area contributed by atoms with Gasteiger partial charge in [-0.25, -0.2) is 0 Å². The molecule has 27 heavy (non-hydrogen) atoms. The van der Waals surface area contributed by atoms with Crippen molar-refractivity contribution in [3.05, 3.63) is 35.4 Å². The van der Waals surface area contributed by atoms with E-state index in [1.54, 1.807) is 0 Å². The standard InChI is InChI=1S/C22H34N2O2.ClH/c1-5-12-22(4,23)21(26)24-13-10-19(11-14-24)20(25)18-8-6-17(7-9-18)15-16(2)3;/h6-9,16,19H,5,10-15,23H2,1-4H3;1H. The number of nitrogens with zero attached hydrogens (tertiary/aromatic N) is 1. The highest BCUT2D eigenvalue weighted by Crippen LogP contribution is 2.24. The first-order valence-electron chi connectivity index (χ1n) is 9.96. The van der Waals surface area contributed by atoms with Gasteiger partial charge in [0.15, 0.2) is 5.78 Å². The molecule has 5 heteroatoms. The summed E-state index contributed by atoms with van der Waals surface area (Å²) in [5.41, 5.74) is 7.45. The quantitative estimate of drug-likeness (QED) is 0.703. The zero-order chi connectivity index (χ0) is 19.3. The van der Waals surface area contributed by atoms with E-state index in [1.165, 1.54) is 5.56 Å². The molecule has 1 unspecified atom stereocenters. The number of hydrogen-bond donors (Lipinski definition) is 1. The fourth-order valence-corrected chi connectivity index (χ4v) is 3.84. The lowest BCUT2D eigenvalue weighted by Gasteiger charge is -2.36. The summed E-state index contributed by atoms with van der Waals surface area (Å²) in [4.78, 5) is 27.2. The van der Waals surface area contributed by atoms with Crippen molar-refractivity contribution in [1.29, 1.82) is 0 Å². The van der Waals surface area contributed by atoms with E-state index in [-0.39, 0.29) is 30.0 Å². The summed E-state index contributed by atoms with van der Waals surface area (Å²) >= 11 is 0. The molecule has 1 amide bonds. The number of piperidine rings is 1. The van der Waals surface area contributed by atoms with Crippen LogP contribution in [0.15, 0.2) is 24.3 Å². The number of carbonyl (C=O) groups is 2. The highest BCUT2D eigenvalue weighted by molar-refractivity contribution is 5.98. The summed E-state index contributed by atoms with van der Waals surface area (Å²) in [6.07, 6.45) is 4.06. The molecule has 0 aliphatic carbocycles. The summed E-state index contributed by atoms with van der Waals surface area (Å²) in [5, 5.41) is 0. The Morgan fingerprint density at radius 2 is 1.74 bits per heavy atom. The molecule has 0 bridgehead atoms. The summed E-state index contributed by atoms with van der Waals surface area (Å²) in [5.74, 6) is 0.838. The average molecular weight is 395 g/mol. The van der Waals surface area contributed by atoms with Crippen LogP contribution in [0.1, 0.15) is 69.3 Å². The second-order valence-electron chi connectivity index (χ2n) is 8.39. The van der Waals surface area contributed by atoms with Crippen LogP contribution >= 0.6 is 12.4 Å². The van der Waals surface area contributed by atoms with Crippen molar-refractivity contribution < 1.29 is 9.59 Å². The molecule has 1 atom stereocenters. The Morgan fingerprint density at radius 1 is 1.19 bits per heavy atom. The van der Waals surface area contributed by atoms with Crippen molar-refractivity contribution in [3.63, 3.8) is 0 Å². The van der Waals surface area contributed by atoms with Crippen LogP contribution in [0.2, 0.25) is 0 Å². The third-order valence-electron chi connectivity index (χ3n) is 5.29. The van der Waals surface area contributed by atoms with Gasteiger partial charge in [-0.15, -0.1) is 12.4 Å². The Labute approximate surface area is 170 Å². The number of amides is 1. The molecule has 4 nitrogen and oxygen atoms in total. The van der Waals surface area contributed by atoms with Crippen LogP contribution < -0.4 is 5.73 Å². The maximum atomic E-state index is 12.8. The molecular weight excluding hydrogens is 360 g/mol. The fourth-order valence-electron chi connectivity index (χ4n) is 3.84. The van der Waals surface area contributed by atoms with Crippen molar-refractivity contribution in [2.45, 2.75) is 65.3 Å². The lowest BCUT2D eigenvalue weighted by molar-refractivity contribution is -0.138. The van der Waals surface area contributed by atoms with Crippen molar-refractivity contribution >= 4 is 24.1 Å². The number of carbonyl (C=O) groups excluding carboxylic acids is 2.